The maximum atomic E-state index is 12.9. The topological polar surface area (TPSA) is 88.2 Å². The average Bonchev–Trinajstić information content (AvgIpc) is 2.69. The van der Waals surface area contributed by atoms with Crippen LogP contribution in [0.5, 0.6) is 0 Å². The molecule has 2 aromatic rings. The number of hydrogen-bond acceptors (Lipinski definition) is 6. The number of amides is 1. The number of carbonyl (C=O) groups excluding carboxylic acids is 1. The third kappa shape index (κ3) is 4.18. The number of nitrogens with zero attached hydrogens (tertiary/aromatic N) is 5. The van der Waals surface area contributed by atoms with E-state index in [0.29, 0.717) is 37.3 Å². The van der Waals surface area contributed by atoms with Gasteiger partial charge in [-0.25, -0.2) is 23.7 Å². The molecule has 2 aromatic heterocycles. The van der Waals surface area contributed by atoms with E-state index >= 15 is 0 Å². The van der Waals surface area contributed by atoms with Crippen molar-refractivity contribution in [1.29, 1.82) is 0 Å². The number of anilines is 1. The molecular formula is C18H20F2N6O. The molecule has 0 spiro atoms. The van der Waals surface area contributed by atoms with Crippen LogP contribution < -0.4 is 10.6 Å². The first-order chi connectivity index (χ1) is 13.0. The summed E-state index contributed by atoms with van der Waals surface area (Å²) in [5.74, 6) is 0.912. The molecule has 3 rings (SSSR count). The van der Waals surface area contributed by atoms with E-state index in [9.17, 15) is 13.6 Å². The zero-order chi connectivity index (χ0) is 19.4. The second-order valence-corrected chi connectivity index (χ2v) is 6.08. The minimum Gasteiger partial charge on any atom is -0.404 e. The molecule has 1 amide bonds. The first-order valence-corrected chi connectivity index (χ1v) is 8.50. The number of pyridine rings is 1. The lowest BCUT2D eigenvalue weighted by molar-refractivity contribution is -0.129. The molecule has 1 saturated heterocycles. The Morgan fingerprint density at radius 1 is 1.19 bits per heavy atom. The number of nitrogens with two attached hydrogens (primary N) is 1. The number of piperazine rings is 1. The molecule has 7 nitrogen and oxygen atoms in total. The van der Waals surface area contributed by atoms with Gasteiger partial charge in [0.1, 0.15) is 11.5 Å². The van der Waals surface area contributed by atoms with Crippen LogP contribution in [0.2, 0.25) is 0 Å². The summed E-state index contributed by atoms with van der Waals surface area (Å²) in [5.41, 5.74) is 6.51. The number of carbonyl (C=O) groups is 1. The van der Waals surface area contributed by atoms with Crippen LogP contribution in [0, 0.1) is 0 Å². The highest BCUT2D eigenvalue weighted by molar-refractivity contribution is 5.77. The second-order valence-electron chi connectivity index (χ2n) is 6.08. The van der Waals surface area contributed by atoms with E-state index in [1.54, 1.807) is 24.1 Å². The lowest BCUT2D eigenvalue weighted by Gasteiger charge is -2.35. The van der Waals surface area contributed by atoms with Gasteiger partial charge in [-0.05, 0) is 23.8 Å². The van der Waals surface area contributed by atoms with E-state index in [1.807, 2.05) is 6.07 Å². The molecule has 0 radical (unpaired) electrons. The van der Waals surface area contributed by atoms with Crippen molar-refractivity contribution in [1.82, 2.24) is 19.9 Å². The van der Waals surface area contributed by atoms with Crippen molar-refractivity contribution in [2.75, 3.05) is 31.1 Å². The molecule has 1 aliphatic heterocycles. The molecule has 142 valence electrons. The number of halogens is 2. The molecule has 0 bridgehead atoms. The van der Waals surface area contributed by atoms with Gasteiger partial charge in [-0.2, -0.15) is 0 Å². The first-order valence-electron chi connectivity index (χ1n) is 8.50. The summed E-state index contributed by atoms with van der Waals surface area (Å²) in [7, 11) is 0. The lowest BCUT2D eigenvalue weighted by atomic mass is 10.1. The molecule has 1 aliphatic rings. The van der Waals surface area contributed by atoms with E-state index in [2.05, 4.69) is 19.9 Å². The van der Waals surface area contributed by atoms with Gasteiger partial charge in [-0.1, -0.05) is 0 Å². The van der Waals surface area contributed by atoms with E-state index in [0.717, 1.165) is 5.82 Å². The van der Waals surface area contributed by atoms with Crippen molar-refractivity contribution in [2.45, 2.75) is 13.3 Å². The summed E-state index contributed by atoms with van der Waals surface area (Å²) in [4.78, 5) is 27.7. The molecule has 27 heavy (non-hydrogen) atoms. The van der Waals surface area contributed by atoms with Crippen LogP contribution in [-0.2, 0) is 4.79 Å². The average molecular weight is 374 g/mol. The fourth-order valence-electron chi connectivity index (χ4n) is 2.93. The van der Waals surface area contributed by atoms with Crippen molar-refractivity contribution in [3.63, 3.8) is 0 Å². The normalized spacial score (nSPS) is 15.3. The Morgan fingerprint density at radius 3 is 2.52 bits per heavy atom. The van der Waals surface area contributed by atoms with Crippen molar-refractivity contribution in [2.24, 2.45) is 5.73 Å². The van der Waals surface area contributed by atoms with Crippen LogP contribution in [0.15, 0.2) is 36.8 Å². The molecule has 3 heterocycles. The molecule has 0 aromatic carbocycles. The quantitative estimate of drug-likeness (QED) is 0.878. The van der Waals surface area contributed by atoms with E-state index in [-0.39, 0.29) is 17.4 Å². The molecule has 0 unspecified atom stereocenters. The highest BCUT2D eigenvalue weighted by atomic mass is 19.3. The third-order valence-electron chi connectivity index (χ3n) is 4.41. The lowest BCUT2D eigenvalue weighted by Crippen LogP contribution is -2.48. The number of rotatable bonds is 4. The van der Waals surface area contributed by atoms with Crippen molar-refractivity contribution in [3.05, 3.63) is 53.9 Å². The zero-order valence-electron chi connectivity index (χ0n) is 14.8. The first kappa shape index (κ1) is 18.7. The molecule has 0 aliphatic carbocycles. The van der Waals surface area contributed by atoms with Crippen LogP contribution in [0.3, 0.4) is 0 Å². The van der Waals surface area contributed by atoms with Gasteiger partial charge in [0.2, 0.25) is 5.91 Å². The van der Waals surface area contributed by atoms with Gasteiger partial charge in [0.05, 0.1) is 0 Å². The predicted octanol–water partition coefficient (Wildman–Crippen LogP) is 1.83. The van der Waals surface area contributed by atoms with Gasteiger partial charge < -0.3 is 15.5 Å². The molecular weight excluding hydrogens is 354 g/mol. The minimum absolute atomic E-state index is 0.0563. The third-order valence-corrected chi connectivity index (χ3v) is 4.41. The minimum atomic E-state index is -2.68. The maximum absolute atomic E-state index is 12.9. The Kier molecular flexibility index (Phi) is 5.58. The summed E-state index contributed by atoms with van der Waals surface area (Å²) in [6, 6.07) is 4.72. The Morgan fingerprint density at radius 2 is 1.89 bits per heavy atom. The largest absolute Gasteiger partial charge is 0.404 e. The monoisotopic (exact) mass is 374 g/mol. The Labute approximate surface area is 155 Å². The van der Waals surface area contributed by atoms with Crippen LogP contribution in [0.1, 0.15) is 30.4 Å². The van der Waals surface area contributed by atoms with Crippen molar-refractivity contribution >= 4 is 17.3 Å². The standard InChI is InChI=1S/C18H20F2N6O/c1-12(27)25-6-8-26(9-7-25)16-10-13(2-4-22-16)14(11-21)18-23-5-3-15(24-18)17(19)20/h2-5,10-11,17H,6-9,21H2,1H3/b14-11-. The van der Waals surface area contributed by atoms with E-state index in [1.165, 1.54) is 18.5 Å². The van der Waals surface area contributed by atoms with Crippen LogP contribution in [0.25, 0.3) is 5.57 Å². The van der Waals surface area contributed by atoms with Crippen molar-refractivity contribution in [3.8, 4) is 0 Å². The van der Waals surface area contributed by atoms with Crippen LogP contribution in [0.4, 0.5) is 14.6 Å². The smallest absolute Gasteiger partial charge is 0.280 e. The fourth-order valence-corrected chi connectivity index (χ4v) is 2.93. The summed E-state index contributed by atoms with van der Waals surface area (Å²) < 4.78 is 25.9. The van der Waals surface area contributed by atoms with Crippen LogP contribution in [-0.4, -0.2) is 51.9 Å². The second kappa shape index (κ2) is 8.07. The van der Waals surface area contributed by atoms with E-state index < -0.39 is 6.43 Å². The van der Waals surface area contributed by atoms with Crippen molar-refractivity contribution < 1.29 is 13.6 Å². The molecule has 2 N–H and O–H groups in total. The van der Waals surface area contributed by atoms with Gasteiger partial charge >= 0.3 is 0 Å². The molecule has 0 saturated carbocycles. The Hall–Kier alpha value is -3.10. The van der Waals surface area contributed by atoms with Gasteiger partial charge in [0.25, 0.3) is 6.43 Å². The fraction of sp³-hybridized carbons (Fsp3) is 0.333. The number of hydrogen-bond donors (Lipinski definition) is 1. The molecule has 1 fully saturated rings. The molecule has 9 heteroatoms. The summed E-state index contributed by atoms with van der Waals surface area (Å²) >= 11 is 0. The number of alkyl halides is 2. The predicted molar refractivity (Wildman–Crippen MR) is 97.0 cm³/mol. The van der Waals surface area contributed by atoms with E-state index in [4.69, 9.17) is 5.73 Å². The van der Waals surface area contributed by atoms with Gasteiger partial charge in [0, 0.05) is 57.3 Å². The summed E-state index contributed by atoms with van der Waals surface area (Å²) in [6.45, 7) is 4.13. The Bertz CT molecular complexity index is 849. The maximum Gasteiger partial charge on any atom is 0.280 e. The zero-order valence-corrected chi connectivity index (χ0v) is 14.8. The van der Waals surface area contributed by atoms with Gasteiger partial charge in [-0.3, -0.25) is 4.79 Å². The highest BCUT2D eigenvalue weighted by Crippen LogP contribution is 2.25. The summed E-state index contributed by atoms with van der Waals surface area (Å²) in [5, 5.41) is 0. The van der Waals surface area contributed by atoms with Crippen LogP contribution >= 0.6 is 0 Å². The number of aromatic nitrogens is 3. The molecule has 0 atom stereocenters. The summed E-state index contributed by atoms with van der Waals surface area (Å²) in [6.07, 6.45) is 1.53. The SMILES string of the molecule is CC(=O)N1CCN(c2cc(/C(=C/N)c3nccc(C(F)F)n3)ccn2)CC1. The van der Waals surface area contributed by atoms with Gasteiger partial charge in [0.15, 0.2) is 5.82 Å². The Balaban J connectivity index is 1.84. The highest BCUT2D eigenvalue weighted by Gasteiger charge is 2.20. The van der Waals surface area contributed by atoms with Gasteiger partial charge in [-0.15, -0.1) is 0 Å².